The van der Waals surface area contributed by atoms with Gasteiger partial charge in [0.25, 0.3) is 5.91 Å². The summed E-state index contributed by atoms with van der Waals surface area (Å²) in [5, 5.41) is 0.683. The summed E-state index contributed by atoms with van der Waals surface area (Å²) in [5.41, 5.74) is 4.91. The van der Waals surface area contributed by atoms with Gasteiger partial charge in [-0.05, 0) is 54.8 Å². The summed E-state index contributed by atoms with van der Waals surface area (Å²) in [6.45, 7) is 7.45. The van der Waals surface area contributed by atoms with E-state index in [0.29, 0.717) is 11.4 Å². The molecule has 1 fully saturated rings. The Morgan fingerprint density at radius 1 is 1.12 bits per heavy atom. The lowest BCUT2D eigenvalue weighted by Gasteiger charge is -2.37. The number of halogens is 1. The zero-order chi connectivity index (χ0) is 18.3. The van der Waals surface area contributed by atoms with Crippen LogP contribution in [0.1, 0.15) is 16.7 Å². The van der Waals surface area contributed by atoms with Crippen molar-refractivity contribution in [1.29, 1.82) is 0 Å². The van der Waals surface area contributed by atoms with Crippen LogP contribution >= 0.6 is 11.6 Å². The van der Waals surface area contributed by atoms with Crippen molar-refractivity contribution in [2.75, 3.05) is 31.1 Å². The van der Waals surface area contributed by atoms with Crippen LogP contribution in [0.4, 0.5) is 5.69 Å². The Bertz CT molecular complexity index is 844. The van der Waals surface area contributed by atoms with Crippen molar-refractivity contribution in [3.63, 3.8) is 0 Å². The van der Waals surface area contributed by atoms with Gasteiger partial charge >= 0.3 is 0 Å². The lowest BCUT2D eigenvalue weighted by atomic mass is 10.1. The van der Waals surface area contributed by atoms with Gasteiger partial charge in [-0.15, -0.1) is 0 Å². The molecule has 1 amide bonds. The van der Waals surface area contributed by atoms with Crippen LogP contribution in [0.3, 0.4) is 0 Å². The topological polar surface area (TPSA) is 32.8 Å². The van der Waals surface area contributed by atoms with Gasteiger partial charge in [-0.25, -0.2) is 0 Å². The van der Waals surface area contributed by atoms with Crippen molar-refractivity contribution >= 4 is 23.2 Å². The monoisotopic (exact) mass is 370 g/mol. The molecule has 5 heteroatoms. The third kappa shape index (κ3) is 3.14. The third-order valence-electron chi connectivity index (χ3n) is 5.48. The Balaban J connectivity index is 1.39. The van der Waals surface area contributed by atoms with Crippen molar-refractivity contribution in [3.05, 3.63) is 58.1 Å². The van der Waals surface area contributed by atoms with Crippen LogP contribution in [0.25, 0.3) is 0 Å². The van der Waals surface area contributed by atoms with Crippen LogP contribution in [0, 0.1) is 13.8 Å². The van der Waals surface area contributed by atoms with Crippen molar-refractivity contribution in [2.24, 2.45) is 0 Å². The largest absolute Gasteiger partial charge is 0.480 e. The van der Waals surface area contributed by atoms with Crippen LogP contribution in [0.15, 0.2) is 36.4 Å². The van der Waals surface area contributed by atoms with Crippen LogP contribution in [0.2, 0.25) is 5.02 Å². The molecule has 2 aliphatic heterocycles. The predicted octanol–water partition coefficient (Wildman–Crippen LogP) is 3.61. The average molecular weight is 371 g/mol. The molecule has 2 aromatic rings. The minimum atomic E-state index is -0.421. The second-order valence-electron chi connectivity index (χ2n) is 7.09. The number of aryl methyl sites for hydroxylation is 1. The minimum absolute atomic E-state index is 0.0814. The highest BCUT2D eigenvalue weighted by Crippen LogP contribution is 2.32. The van der Waals surface area contributed by atoms with Crippen molar-refractivity contribution in [2.45, 2.75) is 26.4 Å². The van der Waals surface area contributed by atoms with Crippen LogP contribution in [0.5, 0.6) is 5.75 Å². The fraction of sp³-hybridized carbons (Fsp3) is 0.381. The van der Waals surface area contributed by atoms with E-state index in [-0.39, 0.29) is 5.91 Å². The highest BCUT2D eigenvalue weighted by molar-refractivity contribution is 6.30. The standard InChI is InChI=1S/C21H23ClN2O2/c1-14-4-3-5-18(15(14)2)23-8-10-24(11-9-23)21(25)20-13-16-12-17(22)6-7-19(16)26-20/h3-7,12,20H,8-11,13H2,1-2H3/t20-/m0/s1. The van der Waals surface area contributed by atoms with E-state index in [4.69, 9.17) is 16.3 Å². The van der Waals surface area contributed by atoms with Gasteiger partial charge in [0.15, 0.2) is 6.10 Å². The van der Waals surface area contributed by atoms with Crippen molar-refractivity contribution < 1.29 is 9.53 Å². The molecule has 4 nitrogen and oxygen atoms in total. The molecule has 0 saturated carbocycles. The number of fused-ring (bicyclic) bond motifs is 1. The zero-order valence-corrected chi connectivity index (χ0v) is 15.9. The minimum Gasteiger partial charge on any atom is -0.480 e. The van der Waals surface area contributed by atoms with E-state index in [1.165, 1.54) is 16.8 Å². The Hall–Kier alpha value is -2.20. The first-order valence-electron chi connectivity index (χ1n) is 9.08. The molecule has 0 unspecified atom stereocenters. The van der Waals surface area contributed by atoms with E-state index in [1.54, 1.807) is 6.07 Å². The number of amides is 1. The number of benzene rings is 2. The molecule has 0 aliphatic carbocycles. The molecule has 2 aromatic carbocycles. The summed E-state index contributed by atoms with van der Waals surface area (Å²) >= 11 is 6.04. The molecule has 1 saturated heterocycles. The quantitative estimate of drug-likeness (QED) is 0.809. The molecule has 2 aliphatic rings. The van der Waals surface area contributed by atoms with Crippen molar-refractivity contribution in [1.82, 2.24) is 4.90 Å². The van der Waals surface area contributed by atoms with Crippen LogP contribution < -0.4 is 9.64 Å². The van der Waals surface area contributed by atoms with Gasteiger partial charge in [0.1, 0.15) is 5.75 Å². The van der Waals surface area contributed by atoms with E-state index >= 15 is 0 Å². The summed E-state index contributed by atoms with van der Waals surface area (Å²) < 4.78 is 5.86. The molecule has 0 aromatic heterocycles. The van der Waals surface area contributed by atoms with E-state index in [9.17, 15) is 4.79 Å². The predicted molar refractivity (Wildman–Crippen MR) is 104 cm³/mol. The number of hydrogen-bond donors (Lipinski definition) is 0. The molecule has 0 radical (unpaired) electrons. The van der Waals surface area contributed by atoms with Gasteiger partial charge in [0.2, 0.25) is 0 Å². The van der Waals surface area contributed by atoms with Gasteiger partial charge in [-0.2, -0.15) is 0 Å². The van der Waals surface area contributed by atoms with Gasteiger partial charge in [-0.1, -0.05) is 23.7 Å². The Kier molecular flexibility index (Phi) is 4.53. The summed E-state index contributed by atoms with van der Waals surface area (Å²) in [6, 6.07) is 12.0. The fourth-order valence-electron chi connectivity index (χ4n) is 3.80. The first-order chi connectivity index (χ1) is 12.5. The Labute approximate surface area is 159 Å². The van der Waals surface area contributed by atoms with Gasteiger partial charge in [0.05, 0.1) is 0 Å². The number of ether oxygens (including phenoxy) is 1. The van der Waals surface area contributed by atoms with Gasteiger partial charge in [0, 0.05) is 43.3 Å². The smallest absolute Gasteiger partial charge is 0.264 e. The molecule has 26 heavy (non-hydrogen) atoms. The molecule has 2 heterocycles. The lowest BCUT2D eigenvalue weighted by Crippen LogP contribution is -2.52. The molecule has 1 atom stereocenters. The van der Waals surface area contributed by atoms with E-state index in [1.807, 2.05) is 17.0 Å². The average Bonchev–Trinajstić information content (AvgIpc) is 3.07. The summed E-state index contributed by atoms with van der Waals surface area (Å²) in [7, 11) is 0. The lowest BCUT2D eigenvalue weighted by molar-refractivity contribution is -0.138. The van der Waals surface area contributed by atoms with E-state index in [2.05, 4.69) is 36.9 Å². The van der Waals surface area contributed by atoms with Gasteiger partial charge < -0.3 is 14.5 Å². The molecular weight excluding hydrogens is 348 g/mol. The van der Waals surface area contributed by atoms with E-state index < -0.39 is 6.10 Å². The maximum absolute atomic E-state index is 12.9. The first kappa shape index (κ1) is 17.2. The maximum atomic E-state index is 12.9. The third-order valence-corrected chi connectivity index (χ3v) is 5.72. The number of carbonyl (C=O) groups is 1. The van der Waals surface area contributed by atoms with E-state index in [0.717, 1.165) is 37.5 Å². The number of nitrogens with zero attached hydrogens (tertiary/aromatic N) is 2. The molecular formula is C21H23ClN2O2. The SMILES string of the molecule is Cc1cccc(N2CCN(C(=O)[C@@H]3Cc4cc(Cl)ccc4O3)CC2)c1C. The second kappa shape index (κ2) is 6.84. The van der Waals surface area contributed by atoms with Crippen molar-refractivity contribution in [3.8, 4) is 5.75 Å². The normalized spacial score (nSPS) is 19.3. The zero-order valence-electron chi connectivity index (χ0n) is 15.2. The maximum Gasteiger partial charge on any atom is 0.264 e. The Morgan fingerprint density at radius 2 is 1.88 bits per heavy atom. The number of carbonyl (C=O) groups excluding carboxylic acids is 1. The highest BCUT2D eigenvalue weighted by atomic mass is 35.5. The molecule has 4 rings (SSSR count). The summed E-state index contributed by atoms with van der Waals surface area (Å²) in [4.78, 5) is 17.2. The van der Waals surface area contributed by atoms with Gasteiger partial charge in [-0.3, -0.25) is 4.79 Å². The summed E-state index contributed by atoms with van der Waals surface area (Å²) in [6.07, 6.45) is 0.182. The Morgan fingerprint density at radius 3 is 2.65 bits per heavy atom. The molecule has 0 N–H and O–H groups in total. The first-order valence-corrected chi connectivity index (χ1v) is 9.46. The number of rotatable bonds is 2. The second-order valence-corrected chi connectivity index (χ2v) is 7.53. The van der Waals surface area contributed by atoms with Crippen LogP contribution in [-0.2, 0) is 11.2 Å². The molecule has 136 valence electrons. The number of hydrogen-bond acceptors (Lipinski definition) is 3. The fourth-order valence-corrected chi connectivity index (χ4v) is 4.00. The molecule has 0 spiro atoms. The highest BCUT2D eigenvalue weighted by Gasteiger charge is 2.34. The molecule has 0 bridgehead atoms. The number of anilines is 1. The number of piperazine rings is 1. The summed E-state index contributed by atoms with van der Waals surface area (Å²) in [5.74, 6) is 0.861. The van der Waals surface area contributed by atoms with Crippen LogP contribution in [-0.4, -0.2) is 43.1 Å².